The first-order chi connectivity index (χ1) is 12.9. The van der Waals surface area contributed by atoms with Crippen molar-refractivity contribution in [3.05, 3.63) is 59.7 Å². The molecule has 0 aliphatic heterocycles. The molecule has 144 valence electrons. The molecule has 0 spiro atoms. The molecular weight excluding hydrogens is 336 g/mol. The van der Waals surface area contributed by atoms with Crippen molar-refractivity contribution in [1.82, 2.24) is 0 Å². The number of aliphatic hydroxyl groups is 1. The lowest BCUT2D eigenvalue weighted by Crippen LogP contribution is -2.32. The van der Waals surface area contributed by atoms with E-state index in [0.717, 1.165) is 22.5 Å². The quantitative estimate of drug-likeness (QED) is 0.877. The fourth-order valence-electron chi connectivity index (χ4n) is 3.98. The van der Waals surface area contributed by atoms with E-state index in [-0.39, 0.29) is 17.6 Å². The van der Waals surface area contributed by atoms with Gasteiger partial charge in [-0.3, -0.25) is 4.79 Å². The average Bonchev–Trinajstić information content (AvgIpc) is 2.65. The number of Topliss-reactive ketones (excluding diaryl/α,β-unsaturated/α-hetero) is 1. The molecule has 1 saturated carbocycles. The van der Waals surface area contributed by atoms with Gasteiger partial charge in [0, 0.05) is 57.8 Å². The van der Waals surface area contributed by atoms with Crippen LogP contribution in [0.4, 0.5) is 11.4 Å². The molecule has 2 atom stereocenters. The van der Waals surface area contributed by atoms with E-state index in [1.165, 1.54) is 0 Å². The molecule has 0 heterocycles. The van der Waals surface area contributed by atoms with Gasteiger partial charge in [0.2, 0.25) is 0 Å². The maximum absolute atomic E-state index is 12.8. The van der Waals surface area contributed by atoms with Gasteiger partial charge in [0.05, 0.1) is 6.10 Å². The molecule has 2 aromatic rings. The number of hydrogen-bond donors (Lipinski definition) is 1. The van der Waals surface area contributed by atoms with Crippen LogP contribution in [0.5, 0.6) is 0 Å². The molecule has 3 rings (SSSR count). The number of aliphatic hydroxyl groups excluding tert-OH is 1. The van der Waals surface area contributed by atoms with Gasteiger partial charge in [-0.05, 0) is 48.2 Å². The van der Waals surface area contributed by atoms with E-state index in [2.05, 4.69) is 58.3 Å². The number of benzene rings is 2. The summed E-state index contributed by atoms with van der Waals surface area (Å²) in [6, 6.07) is 16.9. The number of carbonyl (C=O) groups excluding carboxylic acids is 1. The van der Waals surface area contributed by atoms with Crippen LogP contribution in [0.15, 0.2) is 48.5 Å². The van der Waals surface area contributed by atoms with Crippen LogP contribution in [0, 0.1) is 5.92 Å². The number of hydrogen-bond acceptors (Lipinski definition) is 4. The highest BCUT2D eigenvalue weighted by Crippen LogP contribution is 2.39. The molecule has 1 N–H and O–H groups in total. The maximum atomic E-state index is 12.8. The highest BCUT2D eigenvalue weighted by molar-refractivity contribution is 5.83. The Morgan fingerprint density at radius 1 is 0.852 bits per heavy atom. The van der Waals surface area contributed by atoms with E-state index in [0.29, 0.717) is 19.3 Å². The molecule has 0 bridgehead atoms. The molecule has 1 aliphatic rings. The van der Waals surface area contributed by atoms with Crippen LogP contribution in [-0.2, 0) is 4.79 Å². The number of carbonyl (C=O) groups is 1. The normalized spacial score (nSPS) is 20.0. The molecule has 27 heavy (non-hydrogen) atoms. The second-order valence-electron chi connectivity index (χ2n) is 7.95. The van der Waals surface area contributed by atoms with Gasteiger partial charge < -0.3 is 14.9 Å². The van der Waals surface area contributed by atoms with Crippen LogP contribution in [0.2, 0.25) is 0 Å². The topological polar surface area (TPSA) is 43.8 Å². The first-order valence-corrected chi connectivity index (χ1v) is 9.62. The summed E-state index contributed by atoms with van der Waals surface area (Å²) in [7, 11) is 8.09. The Morgan fingerprint density at radius 2 is 1.30 bits per heavy atom. The number of rotatable bonds is 5. The lowest BCUT2D eigenvalue weighted by atomic mass is 9.72. The van der Waals surface area contributed by atoms with Crippen molar-refractivity contribution in [3.63, 3.8) is 0 Å². The van der Waals surface area contributed by atoms with Gasteiger partial charge in [0.25, 0.3) is 0 Å². The Hall–Kier alpha value is -2.33. The van der Waals surface area contributed by atoms with E-state index in [1.807, 2.05) is 28.2 Å². The molecule has 0 aromatic heterocycles. The molecular formula is C23H30N2O2. The van der Waals surface area contributed by atoms with Crippen molar-refractivity contribution in [1.29, 1.82) is 0 Å². The summed E-state index contributed by atoms with van der Waals surface area (Å²) in [5, 5.41) is 10.2. The third-order valence-electron chi connectivity index (χ3n) is 5.60. The minimum atomic E-state index is -0.391. The smallest absolute Gasteiger partial charge is 0.137 e. The van der Waals surface area contributed by atoms with Crippen molar-refractivity contribution in [3.8, 4) is 0 Å². The number of nitrogens with zero attached hydrogens (tertiary/aromatic N) is 2. The minimum absolute atomic E-state index is 0.0279. The third kappa shape index (κ3) is 4.33. The Kier molecular flexibility index (Phi) is 5.85. The predicted molar refractivity (Wildman–Crippen MR) is 112 cm³/mol. The average molecular weight is 367 g/mol. The van der Waals surface area contributed by atoms with Crippen LogP contribution < -0.4 is 9.80 Å². The first kappa shape index (κ1) is 19.4. The van der Waals surface area contributed by atoms with Crippen LogP contribution in [0.3, 0.4) is 0 Å². The SMILES string of the molecule is CN(C)c1ccc(C(c2ccc(N(C)C)cc2)[C@@H]2CC(O)CCC2=O)cc1. The van der Waals surface area contributed by atoms with Crippen molar-refractivity contribution >= 4 is 17.2 Å². The molecule has 4 nitrogen and oxygen atoms in total. The van der Waals surface area contributed by atoms with E-state index in [1.54, 1.807) is 0 Å². The summed E-state index contributed by atoms with van der Waals surface area (Å²) in [6.07, 6.45) is 1.20. The Bertz CT molecular complexity index is 714. The predicted octanol–water partition coefficient (Wildman–Crippen LogP) is 3.68. The summed E-state index contributed by atoms with van der Waals surface area (Å²) in [5.74, 6) is 0.0581. The fourth-order valence-corrected chi connectivity index (χ4v) is 3.98. The van der Waals surface area contributed by atoms with Crippen molar-refractivity contribution in [2.45, 2.75) is 31.3 Å². The number of ketones is 1. The first-order valence-electron chi connectivity index (χ1n) is 9.62. The zero-order valence-electron chi connectivity index (χ0n) is 16.7. The Morgan fingerprint density at radius 3 is 1.70 bits per heavy atom. The number of anilines is 2. The van der Waals surface area contributed by atoms with E-state index in [9.17, 15) is 9.90 Å². The summed E-state index contributed by atoms with van der Waals surface area (Å²) in [4.78, 5) is 16.9. The highest BCUT2D eigenvalue weighted by Gasteiger charge is 2.35. The molecule has 2 aromatic carbocycles. The lowest BCUT2D eigenvalue weighted by Gasteiger charge is -2.32. The van der Waals surface area contributed by atoms with Gasteiger partial charge in [-0.2, -0.15) is 0 Å². The van der Waals surface area contributed by atoms with E-state index in [4.69, 9.17) is 0 Å². The minimum Gasteiger partial charge on any atom is -0.393 e. The second kappa shape index (κ2) is 8.13. The summed E-state index contributed by atoms with van der Waals surface area (Å²) in [6.45, 7) is 0. The van der Waals surface area contributed by atoms with Gasteiger partial charge in [0.1, 0.15) is 5.78 Å². The van der Waals surface area contributed by atoms with Crippen molar-refractivity contribution in [2.24, 2.45) is 5.92 Å². The van der Waals surface area contributed by atoms with Crippen LogP contribution in [-0.4, -0.2) is 45.2 Å². The van der Waals surface area contributed by atoms with Crippen LogP contribution >= 0.6 is 0 Å². The lowest BCUT2D eigenvalue weighted by molar-refractivity contribution is -0.127. The van der Waals surface area contributed by atoms with Gasteiger partial charge >= 0.3 is 0 Å². The summed E-state index contributed by atoms with van der Waals surface area (Å²) in [5.41, 5.74) is 4.53. The van der Waals surface area contributed by atoms with Gasteiger partial charge in [-0.1, -0.05) is 24.3 Å². The molecule has 1 aliphatic carbocycles. The molecule has 4 heteroatoms. The Labute approximate surface area is 162 Å². The molecule has 0 saturated heterocycles. The highest BCUT2D eigenvalue weighted by atomic mass is 16.3. The summed E-state index contributed by atoms with van der Waals surface area (Å²) >= 11 is 0. The van der Waals surface area contributed by atoms with E-state index < -0.39 is 6.10 Å². The van der Waals surface area contributed by atoms with Crippen molar-refractivity contribution < 1.29 is 9.90 Å². The van der Waals surface area contributed by atoms with Gasteiger partial charge in [-0.15, -0.1) is 0 Å². The standard InChI is InChI=1S/C23H30N2O2/c1-24(2)18-9-5-16(6-10-18)23(21-15-20(26)13-14-22(21)27)17-7-11-19(12-8-17)25(3)4/h5-12,20-21,23,26H,13-15H2,1-4H3/t20?,21-/m1/s1. The fraction of sp³-hybridized carbons (Fsp3) is 0.435. The van der Waals surface area contributed by atoms with Crippen LogP contribution in [0.25, 0.3) is 0 Å². The zero-order chi connectivity index (χ0) is 19.6. The Balaban J connectivity index is 2.01. The van der Waals surface area contributed by atoms with Gasteiger partial charge in [-0.25, -0.2) is 0 Å². The monoisotopic (exact) mass is 366 g/mol. The second-order valence-corrected chi connectivity index (χ2v) is 7.95. The molecule has 1 fully saturated rings. The summed E-state index contributed by atoms with van der Waals surface area (Å²) < 4.78 is 0. The molecule has 1 unspecified atom stereocenters. The third-order valence-corrected chi connectivity index (χ3v) is 5.60. The van der Waals surface area contributed by atoms with Gasteiger partial charge in [0.15, 0.2) is 0 Å². The van der Waals surface area contributed by atoms with Crippen LogP contribution in [0.1, 0.15) is 36.3 Å². The zero-order valence-corrected chi connectivity index (χ0v) is 16.7. The maximum Gasteiger partial charge on any atom is 0.137 e. The molecule has 0 radical (unpaired) electrons. The molecule has 0 amide bonds. The van der Waals surface area contributed by atoms with E-state index >= 15 is 0 Å². The largest absolute Gasteiger partial charge is 0.393 e. The van der Waals surface area contributed by atoms with Crippen molar-refractivity contribution in [2.75, 3.05) is 38.0 Å².